The predicted octanol–water partition coefficient (Wildman–Crippen LogP) is 2.56. The summed E-state index contributed by atoms with van der Waals surface area (Å²) in [4.78, 5) is 11.0. The summed E-state index contributed by atoms with van der Waals surface area (Å²) in [7, 11) is 0. The van der Waals surface area contributed by atoms with Gasteiger partial charge in [0.1, 0.15) is 11.4 Å². The van der Waals surface area contributed by atoms with Gasteiger partial charge in [0.2, 0.25) is 0 Å². The number of rotatable bonds is 1. The Morgan fingerprint density at radius 3 is 2.73 bits per heavy atom. The van der Waals surface area contributed by atoms with Gasteiger partial charge in [0.25, 0.3) is 0 Å². The zero-order valence-corrected chi connectivity index (χ0v) is 9.41. The molecule has 15 heavy (non-hydrogen) atoms. The van der Waals surface area contributed by atoms with Crippen molar-refractivity contribution in [1.82, 2.24) is 0 Å². The normalized spacial score (nSPS) is 28.9. The van der Waals surface area contributed by atoms with E-state index in [9.17, 15) is 4.79 Å². The molecule has 1 spiro atoms. The van der Waals surface area contributed by atoms with E-state index in [-0.39, 0.29) is 17.7 Å². The monoisotopic (exact) mass is 210 g/mol. The number of hydrogen-bond donors (Lipinski definition) is 0. The molecule has 1 saturated carbocycles. The van der Waals surface area contributed by atoms with Crippen LogP contribution < -0.4 is 0 Å². The van der Waals surface area contributed by atoms with E-state index in [1.807, 2.05) is 13.0 Å². The van der Waals surface area contributed by atoms with E-state index in [0.29, 0.717) is 0 Å². The molecule has 1 heterocycles. The molecule has 0 bridgehead atoms. The molecule has 0 aromatic heterocycles. The summed E-state index contributed by atoms with van der Waals surface area (Å²) in [5.74, 6) is 0.506. The molecule has 1 aliphatic heterocycles. The first-order valence-corrected chi connectivity index (χ1v) is 5.71. The molecule has 1 atom stereocenters. The van der Waals surface area contributed by atoms with Crippen molar-refractivity contribution in [2.24, 2.45) is 0 Å². The Kier molecular flexibility index (Phi) is 2.83. The van der Waals surface area contributed by atoms with Crippen molar-refractivity contribution >= 4 is 5.97 Å². The largest absolute Gasteiger partial charge is 0.428 e. The average Bonchev–Trinajstić information content (AvgIpc) is 2.43. The van der Waals surface area contributed by atoms with Crippen LogP contribution in [0.5, 0.6) is 0 Å². The maximum atomic E-state index is 11.0. The fourth-order valence-corrected chi connectivity index (χ4v) is 2.58. The number of hydrogen-bond acceptors (Lipinski definition) is 3. The van der Waals surface area contributed by atoms with E-state index < -0.39 is 0 Å². The Morgan fingerprint density at radius 2 is 2.13 bits per heavy atom. The van der Waals surface area contributed by atoms with E-state index in [1.54, 1.807) is 0 Å². The molecular formula is C12H18O3. The summed E-state index contributed by atoms with van der Waals surface area (Å²) in [6, 6.07) is 0. The summed E-state index contributed by atoms with van der Waals surface area (Å²) in [5.41, 5.74) is -0.288. The highest BCUT2D eigenvalue weighted by Gasteiger charge is 2.44. The van der Waals surface area contributed by atoms with Crippen molar-refractivity contribution in [2.75, 3.05) is 0 Å². The minimum atomic E-state index is -0.288. The number of carbonyl (C=O) groups is 1. The fraction of sp³-hybridized carbons (Fsp3) is 0.750. The fourth-order valence-electron chi connectivity index (χ4n) is 2.58. The van der Waals surface area contributed by atoms with E-state index in [2.05, 4.69) is 0 Å². The summed E-state index contributed by atoms with van der Waals surface area (Å²) < 4.78 is 11.2. The standard InChI is InChI=1S/C12H18O3/c1-9-8-11(14-10(2)13)12(15-9)6-4-3-5-7-12/h8-9H,3-7H2,1-2H3/t9-/m1/s1. The first-order valence-electron chi connectivity index (χ1n) is 5.71. The van der Waals surface area contributed by atoms with Crippen LogP contribution in [0.25, 0.3) is 0 Å². The highest BCUT2D eigenvalue weighted by molar-refractivity contribution is 5.67. The van der Waals surface area contributed by atoms with Gasteiger partial charge in [0.05, 0.1) is 6.10 Å². The first kappa shape index (κ1) is 10.7. The van der Waals surface area contributed by atoms with Crippen molar-refractivity contribution in [1.29, 1.82) is 0 Å². The van der Waals surface area contributed by atoms with Gasteiger partial charge in [0, 0.05) is 6.92 Å². The molecule has 0 radical (unpaired) electrons. The van der Waals surface area contributed by atoms with Gasteiger partial charge < -0.3 is 9.47 Å². The Labute approximate surface area is 90.4 Å². The molecule has 0 unspecified atom stereocenters. The average molecular weight is 210 g/mol. The van der Waals surface area contributed by atoms with Crippen molar-refractivity contribution in [3.8, 4) is 0 Å². The van der Waals surface area contributed by atoms with Gasteiger partial charge in [-0.1, -0.05) is 19.3 Å². The zero-order valence-electron chi connectivity index (χ0n) is 9.41. The summed E-state index contributed by atoms with van der Waals surface area (Å²) in [6.45, 7) is 3.44. The Bertz CT molecular complexity index is 287. The maximum absolute atomic E-state index is 11.0. The predicted molar refractivity (Wildman–Crippen MR) is 56.2 cm³/mol. The third-order valence-electron chi connectivity index (χ3n) is 3.16. The van der Waals surface area contributed by atoms with E-state index in [0.717, 1.165) is 31.4 Å². The molecule has 0 N–H and O–H groups in total. The molecular weight excluding hydrogens is 192 g/mol. The van der Waals surface area contributed by atoms with E-state index in [4.69, 9.17) is 9.47 Å². The topological polar surface area (TPSA) is 35.5 Å². The second-order valence-electron chi connectivity index (χ2n) is 4.50. The summed E-state index contributed by atoms with van der Waals surface area (Å²) >= 11 is 0. The van der Waals surface area contributed by atoms with Gasteiger partial charge >= 0.3 is 5.97 Å². The van der Waals surface area contributed by atoms with Crippen molar-refractivity contribution < 1.29 is 14.3 Å². The molecule has 0 amide bonds. The van der Waals surface area contributed by atoms with Crippen LogP contribution in [-0.4, -0.2) is 17.7 Å². The Morgan fingerprint density at radius 1 is 1.47 bits per heavy atom. The molecule has 3 heteroatoms. The molecule has 1 fully saturated rings. The van der Waals surface area contributed by atoms with Gasteiger partial charge in [-0.05, 0) is 25.8 Å². The SMILES string of the molecule is CC(=O)OC1=C[C@@H](C)OC12CCCCC2. The second-order valence-corrected chi connectivity index (χ2v) is 4.50. The first-order chi connectivity index (χ1) is 7.12. The lowest BCUT2D eigenvalue weighted by Crippen LogP contribution is -2.36. The molecule has 1 aliphatic carbocycles. The maximum Gasteiger partial charge on any atom is 0.307 e. The lowest BCUT2D eigenvalue weighted by atomic mass is 9.84. The van der Waals surface area contributed by atoms with Gasteiger partial charge in [-0.3, -0.25) is 4.79 Å². The van der Waals surface area contributed by atoms with Crippen LogP contribution in [0.3, 0.4) is 0 Å². The highest BCUT2D eigenvalue weighted by atomic mass is 16.6. The smallest absolute Gasteiger partial charge is 0.307 e. The highest BCUT2D eigenvalue weighted by Crippen LogP contribution is 2.43. The summed E-state index contributed by atoms with van der Waals surface area (Å²) in [5, 5.41) is 0. The summed E-state index contributed by atoms with van der Waals surface area (Å²) in [6.07, 6.45) is 7.54. The van der Waals surface area contributed by atoms with E-state index in [1.165, 1.54) is 13.3 Å². The molecule has 84 valence electrons. The van der Waals surface area contributed by atoms with Gasteiger partial charge in [0.15, 0.2) is 0 Å². The molecule has 2 aliphatic rings. The number of esters is 1. The Balaban J connectivity index is 2.16. The van der Waals surface area contributed by atoms with Crippen molar-refractivity contribution in [2.45, 2.75) is 57.7 Å². The quantitative estimate of drug-likeness (QED) is 0.624. The van der Waals surface area contributed by atoms with Crippen LogP contribution in [0.4, 0.5) is 0 Å². The van der Waals surface area contributed by atoms with E-state index >= 15 is 0 Å². The van der Waals surface area contributed by atoms with Gasteiger partial charge in [-0.15, -0.1) is 0 Å². The minimum Gasteiger partial charge on any atom is -0.428 e. The van der Waals surface area contributed by atoms with Crippen molar-refractivity contribution in [3.05, 3.63) is 11.8 Å². The van der Waals surface area contributed by atoms with Crippen LogP contribution in [0.15, 0.2) is 11.8 Å². The second kappa shape index (κ2) is 3.97. The van der Waals surface area contributed by atoms with Crippen LogP contribution in [0.2, 0.25) is 0 Å². The molecule has 0 saturated heterocycles. The number of carbonyl (C=O) groups excluding carboxylic acids is 1. The van der Waals surface area contributed by atoms with Crippen LogP contribution in [-0.2, 0) is 14.3 Å². The van der Waals surface area contributed by atoms with Gasteiger partial charge in [-0.2, -0.15) is 0 Å². The Hall–Kier alpha value is -0.830. The van der Waals surface area contributed by atoms with Gasteiger partial charge in [-0.25, -0.2) is 0 Å². The third-order valence-corrected chi connectivity index (χ3v) is 3.16. The molecule has 0 aromatic rings. The van der Waals surface area contributed by atoms with Crippen LogP contribution in [0.1, 0.15) is 46.0 Å². The lowest BCUT2D eigenvalue weighted by Gasteiger charge is -2.34. The van der Waals surface area contributed by atoms with Crippen LogP contribution in [0, 0.1) is 0 Å². The molecule has 2 rings (SSSR count). The zero-order chi connectivity index (χ0) is 10.9. The third kappa shape index (κ3) is 2.07. The molecule has 0 aromatic carbocycles. The minimum absolute atomic E-state index is 0.0671. The van der Waals surface area contributed by atoms with Crippen molar-refractivity contribution in [3.63, 3.8) is 0 Å². The lowest BCUT2D eigenvalue weighted by molar-refractivity contribution is -0.142. The number of ether oxygens (including phenoxy) is 2. The molecule has 3 nitrogen and oxygen atoms in total. The van der Waals surface area contributed by atoms with Crippen LogP contribution >= 0.6 is 0 Å².